The van der Waals surface area contributed by atoms with Gasteiger partial charge in [0.05, 0.1) is 13.2 Å². The van der Waals surface area contributed by atoms with E-state index in [2.05, 4.69) is 17.1 Å². The Labute approximate surface area is 144 Å². The summed E-state index contributed by atoms with van der Waals surface area (Å²) in [4.78, 5) is 14.3. The van der Waals surface area contributed by atoms with Crippen molar-refractivity contribution in [3.8, 4) is 5.75 Å². The molecule has 3 N–H and O–H groups in total. The van der Waals surface area contributed by atoms with Gasteiger partial charge >= 0.3 is 0 Å². The molecule has 1 aliphatic rings. The zero-order valence-electron chi connectivity index (χ0n) is 14.7. The molecule has 1 aliphatic heterocycles. The molecule has 0 radical (unpaired) electrons. The molecule has 1 aromatic rings. The lowest BCUT2D eigenvalue weighted by molar-refractivity contribution is -0.122. The number of carbonyl (C=O) groups excluding carboxylic acids is 1. The van der Waals surface area contributed by atoms with Gasteiger partial charge in [0.25, 0.3) is 0 Å². The maximum Gasteiger partial charge on any atom is 0.234 e. The minimum atomic E-state index is 0.0435. The van der Waals surface area contributed by atoms with E-state index in [1.54, 1.807) is 7.11 Å². The lowest BCUT2D eigenvalue weighted by Crippen LogP contribution is -2.38. The van der Waals surface area contributed by atoms with Crippen molar-refractivity contribution in [3.63, 3.8) is 0 Å². The Morgan fingerprint density at radius 3 is 2.96 bits per heavy atom. The zero-order chi connectivity index (χ0) is 17.4. The molecule has 1 fully saturated rings. The van der Waals surface area contributed by atoms with Crippen LogP contribution in [0.15, 0.2) is 24.3 Å². The van der Waals surface area contributed by atoms with Crippen LogP contribution in [-0.4, -0.2) is 57.3 Å². The molecule has 134 valence electrons. The molecule has 0 bridgehead atoms. The van der Waals surface area contributed by atoms with Gasteiger partial charge in [-0.25, -0.2) is 0 Å². The van der Waals surface area contributed by atoms with Crippen molar-refractivity contribution < 1.29 is 14.3 Å². The minimum Gasteiger partial charge on any atom is -0.491 e. The van der Waals surface area contributed by atoms with Crippen LogP contribution < -0.4 is 15.8 Å². The first-order valence-electron chi connectivity index (χ1n) is 8.44. The fourth-order valence-electron chi connectivity index (χ4n) is 2.88. The van der Waals surface area contributed by atoms with Gasteiger partial charge in [-0.2, -0.15) is 0 Å². The summed E-state index contributed by atoms with van der Waals surface area (Å²) in [6.45, 7) is 6.67. The molecule has 1 amide bonds. The fourth-order valence-corrected chi connectivity index (χ4v) is 2.88. The number of nitrogens with zero attached hydrogens (tertiary/aromatic N) is 1. The second-order valence-electron chi connectivity index (χ2n) is 6.74. The summed E-state index contributed by atoms with van der Waals surface area (Å²) >= 11 is 0. The Bertz CT molecular complexity index is 538. The maximum atomic E-state index is 12.1. The van der Waals surface area contributed by atoms with Gasteiger partial charge < -0.3 is 20.5 Å². The third-order valence-electron chi connectivity index (χ3n) is 4.44. The summed E-state index contributed by atoms with van der Waals surface area (Å²) in [6, 6.07) is 7.75. The number of benzene rings is 1. The van der Waals surface area contributed by atoms with E-state index >= 15 is 0 Å². The molecule has 1 unspecified atom stereocenters. The Hall–Kier alpha value is -1.63. The van der Waals surface area contributed by atoms with Crippen LogP contribution in [-0.2, 0) is 16.1 Å². The second-order valence-corrected chi connectivity index (χ2v) is 6.74. The van der Waals surface area contributed by atoms with E-state index in [0.29, 0.717) is 32.8 Å². The third kappa shape index (κ3) is 5.78. The average molecular weight is 335 g/mol. The largest absolute Gasteiger partial charge is 0.491 e. The van der Waals surface area contributed by atoms with Gasteiger partial charge in [0, 0.05) is 20.2 Å². The second kappa shape index (κ2) is 9.01. The van der Waals surface area contributed by atoms with Gasteiger partial charge in [-0.1, -0.05) is 19.1 Å². The first-order valence-corrected chi connectivity index (χ1v) is 8.44. The SMILES string of the molecule is COCCOc1cccc(CNC(=O)CN2CCC(C)(CN)C2)c1. The molecule has 1 aromatic carbocycles. The van der Waals surface area contributed by atoms with E-state index in [0.717, 1.165) is 30.8 Å². The number of carbonyl (C=O) groups is 1. The van der Waals surface area contributed by atoms with Crippen LogP contribution in [0, 0.1) is 5.41 Å². The molecule has 0 aliphatic carbocycles. The zero-order valence-corrected chi connectivity index (χ0v) is 14.7. The first-order chi connectivity index (χ1) is 11.5. The van der Waals surface area contributed by atoms with Crippen LogP contribution in [0.5, 0.6) is 5.75 Å². The van der Waals surface area contributed by atoms with E-state index < -0.39 is 0 Å². The smallest absolute Gasteiger partial charge is 0.234 e. The fraction of sp³-hybridized carbons (Fsp3) is 0.611. The predicted octanol–water partition coefficient (Wildman–Crippen LogP) is 0.999. The van der Waals surface area contributed by atoms with Gasteiger partial charge in [-0.15, -0.1) is 0 Å². The van der Waals surface area contributed by atoms with Crippen LogP contribution in [0.2, 0.25) is 0 Å². The number of nitrogens with two attached hydrogens (primary N) is 1. The molecule has 0 saturated carbocycles. The van der Waals surface area contributed by atoms with Gasteiger partial charge in [0.15, 0.2) is 0 Å². The summed E-state index contributed by atoms with van der Waals surface area (Å²) in [6.07, 6.45) is 1.05. The van der Waals surface area contributed by atoms with Crippen molar-refractivity contribution in [3.05, 3.63) is 29.8 Å². The van der Waals surface area contributed by atoms with Gasteiger partial charge in [0.2, 0.25) is 5.91 Å². The van der Waals surface area contributed by atoms with Crippen molar-refractivity contribution in [2.45, 2.75) is 19.9 Å². The topological polar surface area (TPSA) is 76.8 Å². The van der Waals surface area contributed by atoms with Crippen molar-refractivity contribution in [2.75, 3.05) is 46.5 Å². The Kier molecular flexibility index (Phi) is 7.02. The number of nitrogens with one attached hydrogen (secondary N) is 1. The van der Waals surface area contributed by atoms with E-state index in [9.17, 15) is 4.79 Å². The molecule has 6 heteroatoms. The summed E-state index contributed by atoms with van der Waals surface area (Å²) in [5.74, 6) is 0.832. The number of hydrogen-bond donors (Lipinski definition) is 2. The van der Waals surface area contributed by atoms with Crippen LogP contribution in [0.25, 0.3) is 0 Å². The standard InChI is InChI=1S/C18H29N3O3/c1-18(13-19)6-7-21(14-18)12-17(22)20-11-15-4-3-5-16(10-15)24-9-8-23-2/h3-5,10H,6-9,11-14,19H2,1-2H3,(H,20,22). The summed E-state index contributed by atoms with van der Waals surface area (Å²) in [7, 11) is 1.64. The van der Waals surface area contributed by atoms with Crippen LogP contribution in [0.3, 0.4) is 0 Å². The van der Waals surface area contributed by atoms with Crippen LogP contribution in [0.1, 0.15) is 18.9 Å². The number of hydrogen-bond acceptors (Lipinski definition) is 5. The van der Waals surface area contributed by atoms with E-state index in [1.807, 2.05) is 24.3 Å². The summed E-state index contributed by atoms with van der Waals surface area (Å²) in [5, 5.41) is 2.97. The molecular weight excluding hydrogens is 306 g/mol. The molecule has 1 atom stereocenters. The number of likely N-dealkylation sites (tertiary alicyclic amines) is 1. The first kappa shape index (κ1) is 18.7. The normalized spacial score (nSPS) is 21.0. The highest BCUT2D eigenvalue weighted by atomic mass is 16.5. The minimum absolute atomic E-state index is 0.0435. The highest BCUT2D eigenvalue weighted by molar-refractivity contribution is 5.78. The number of ether oxygens (including phenoxy) is 2. The molecule has 1 heterocycles. The van der Waals surface area contributed by atoms with Gasteiger partial charge in [-0.05, 0) is 42.6 Å². The molecule has 0 aromatic heterocycles. The number of rotatable bonds is 9. The number of methoxy groups -OCH3 is 1. The maximum absolute atomic E-state index is 12.1. The van der Waals surface area contributed by atoms with Crippen molar-refractivity contribution in [1.82, 2.24) is 10.2 Å². The Morgan fingerprint density at radius 2 is 2.25 bits per heavy atom. The summed E-state index contributed by atoms with van der Waals surface area (Å²) < 4.78 is 10.5. The quantitative estimate of drug-likeness (QED) is 0.659. The molecule has 1 saturated heterocycles. The molecular formula is C18H29N3O3. The highest BCUT2D eigenvalue weighted by Crippen LogP contribution is 2.27. The molecule has 24 heavy (non-hydrogen) atoms. The van der Waals surface area contributed by atoms with Gasteiger partial charge in [-0.3, -0.25) is 9.69 Å². The Balaban J connectivity index is 1.74. The van der Waals surface area contributed by atoms with Crippen LogP contribution >= 0.6 is 0 Å². The molecule has 0 spiro atoms. The number of amides is 1. The van der Waals surface area contributed by atoms with Crippen LogP contribution in [0.4, 0.5) is 0 Å². The lowest BCUT2D eigenvalue weighted by Gasteiger charge is -2.22. The summed E-state index contributed by atoms with van der Waals surface area (Å²) in [5.41, 5.74) is 6.97. The van der Waals surface area contributed by atoms with Crippen molar-refractivity contribution in [1.29, 1.82) is 0 Å². The Morgan fingerprint density at radius 1 is 1.42 bits per heavy atom. The van der Waals surface area contributed by atoms with Gasteiger partial charge in [0.1, 0.15) is 12.4 Å². The predicted molar refractivity (Wildman–Crippen MR) is 93.9 cm³/mol. The monoisotopic (exact) mass is 335 g/mol. The van der Waals surface area contributed by atoms with Crippen molar-refractivity contribution in [2.24, 2.45) is 11.1 Å². The third-order valence-corrected chi connectivity index (χ3v) is 4.44. The van der Waals surface area contributed by atoms with E-state index in [1.165, 1.54) is 0 Å². The van der Waals surface area contributed by atoms with E-state index in [-0.39, 0.29) is 11.3 Å². The lowest BCUT2D eigenvalue weighted by atomic mass is 9.90. The van der Waals surface area contributed by atoms with E-state index in [4.69, 9.17) is 15.2 Å². The molecule has 6 nitrogen and oxygen atoms in total. The average Bonchev–Trinajstić information content (AvgIpc) is 2.95. The molecule has 2 rings (SSSR count). The van der Waals surface area contributed by atoms with Crippen molar-refractivity contribution >= 4 is 5.91 Å². The highest BCUT2D eigenvalue weighted by Gasteiger charge is 2.32.